The van der Waals surface area contributed by atoms with E-state index in [2.05, 4.69) is 30.1 Å². The molecule has 2 heterocycles. The number of rotatable bonds is 6. The molecule has 38 heavy (non-hydrogen) atoms. The van der Waals surface area contributed by atoms with Crippen LogP contribution >= 0.6 is 0 Å². The van der Waals surface area contributed by atoms with Gasteiger partial charge < -0.3 is 9.47 Å². The first-order valence-corrected chi connectivity index (χ1v) is 14.7. The van der Waals surface area contributed by atoms with Crippen LogP contribution < -0.4 is 4.72 Å². The molecular weight excluding hydrogens is 494 g/mol. The summed E-state index contributed by atoms with van der Waals surface area (Å²) in [5.41, 5.74) is 4.41. The van der Waals surface area contributed by atoms with Gasteiger partial charge >= 0.3 is 0 Å². The molecule has 6 nitrogen and oxygen atoms in total. The molecule has 0 bridgehead atoms. The maximum Gasteiger partial charge on any atom is 0.261 e. The van der Waals surface area contributed by atoms with Gasteiger partial charge in [-0.15, -0.1) is 0 Å². The number of carbonyl (C=O) groups excluding carboxylic acids is 1. The maximum absolute atomic E-state index is 13.0. The van der Waals surface area contributed by atoms with Crippen molar-refractivity contribution in [3.8, 4) is 0 Å². The van der Waals surface area contributed by atoms with Gasteiger partial charge in [0.25, 0.3) is 15.9 Å². The van der Waals surface area contributed by atoms with E-state index < -0.39 is 10.0 Å². The Morgan fingerprint density at radius 2 is 1.55 bits per heavy atom. The molecule has 5 rings (SSSR count). The molecule has 7 heteroatoms. The Balaban J connectivity index is 1.28. The maximum atomic E-state index is 13.0. The van der Waals surface area contributed by atoms with Gasteiger partial charge in [0.1, 0.15) is 0 Å². The lowest BCUT2D eigenvalue weighted by Crippen LogP contribution is -2.35. The standard InChI is InChI=1S/C31H35N3O3S/c1-31(2,3)26-11-14-28(15-12-26)38(36,37)32-27-13-16-29-25(21-27)17-20-34(29)22-23-7-9-24(10-8-23)30(35)33-18-5-4-6-19-33/h7-17,20-21,32H,4-6,18-19,22H2,1-3H3. The first-order chi connectivity index (χ1) is 18.1. The van der Waals surface area contributed by atoms with Crippen LogP contribution in [0, 0.1) is 0 Å². The number of benzene rings is 3. The second-order valence-electron chi connectivity index (χ2n) is 11.1. The van der Waals surface area contributed by atoms with Crippen molar-refractivity contribution in [2.45, 2.75) is 56.9 Å². The number of aromatic nitrogens is 1. The molecule has 0 spiro atoms. The predicted octanol–water partition coefficient (Wildman–Crippen LogP) is 6.41. The van der Waals surface area contributed by atoms with Gasteiger partial charge in [-0.3, -0.25) is 9.52 Å². The molecular formula is C31H35N3O3S. The van der Waals surface area contributed by atoms with Crippen molar-refractivity contribution < 1.29 is 13.2 Å². The quantitative estimate of drug-likeness (QED) is 0.314. The largest absolute Gasteiger partial charge is 0.343 e. The zero-order chi connectivity index (χ0) is 26.9. The molecule has 1 fully saturated rings. The number of amides is 1. The van der Waals surface area contributed by atoms with Crippen molar-refractivity contribution >= 4 is 32.5 Å². The molecule has 1 saturated heterocycles. The van der Waals surface area contributed by atoms with Gasteiger partial charge in [0, 0.05) is 48.0 Å². The minimum atomic E-state index is -3.69. The van der Waals surface area contributed by atoms with E-state index in [0.717, 1.165) is 53.5 Å². The fraction of sp³-hybridized carbons (Fsp3) is 0.323. The van der Waals surface area contributed by atoms with Gasteiger partial charge in [0.2, 0.25) is 0 Å². The van der Waals surface area contributed by atoms with Gasteiger partial charge in [-0.05, 0) is 84.3 Å². The second kappa shape index (κ2) is 10.3. The number of carbonyl (C=O) groups is 1. The SMILES string of the molecule is CC(C)(C)c1ccc(S(=O)(=O)Nc2ccc3c(ccn3Cc3ccc(C(=O)N4CCCCC4)cc3)c2)cc1. The van der Waals surface area contributed by atoms with Crippen LogP contribution in [0.1, 0.15) is 61.5 Å². The van der Waals surface area contributed by atoms with Gasteiger partial charge in [0.15, 0.2) is 0 Å². The first-order valence-electron chi connectivity index (χ1n) is 13.2. The molecule has 3 aromatic carbocycles. The van der Waals surface area contributed by atoms with Crippen molar-refractivity contribution in [2.24, 2.45) is 0 Å². The van der Waals surface area contributed by atoms with Crippen LogP contribution in [0.15, 0.2) is 83.9 Å². The number of hydrogen-bond acceptors (Lipinski definition) is 3. The van der Waals surface area contributed by atoms with E-state index in [1.165, 1.54) is 6.42 Å². The Kier molecular flexibility index (Phi) is 7.05. The highest BCUT2D eigenvalue weighted by Crippen LogP contribution is 2.26. The summed E-state index contributed by atoms with van der Waals surface area (Å²) in [6.07, 6.45) is 5.36. The van der Waals surface area contributed by atoms with Crippen LogP contribution in [0.2, 0.25) is 0 Å². The van der Waals surface area contributed by atoms with Crippen molar-refractivity contribution in [3.05, 3.63) is 95.7 Å². The third kappa shape index (κ3) is 5.63. The minimum Gasteiger partial charge on any atom is -0.343 e. The van der Waals surface area contributed by atoms with Crippen molar-refractivity contribution in [2.75, 3.05) is 17.8 Å². The molecule has 1 aliphatic rings. The fourth-order valence-electron chi connectivity index (χ4n) is 4.98. The summed E-state index contributed by atoms with van der Waals surface area (Å²) in [5.74, 6) is 0.114. The molecule has 1 amide bonds. The van der Waals surface area contributed by atoms with Crippen LogP contribution in [-0.4, -0.2) is 36.9 Å². The lowest BCUT2D eigenvalue weighted by molar-refractivity contribution is 0.0724. The minimum absolute atomic E-state index is 0.0412. The number of sulfonamides is 1. The van der Waals surface area contributed by atoms with E-state index in [-0.39, 0.29) is 16.2 Å². The third-order valence-corrected chi connectivity index (χ3v) is 8.65. The van der Waals surface area contributed by atoms with E-state index in [1.54, 1.807) is 18.2 Å². The molecule has 1 aromatic heterocycles. The number of nitrogens with one attached hydrogen (secondary N) is 1. The fourth-order valence-corrected chi connectivity index (χ4v) is 6.03. The zero-order valence-corrected chi connectivity index (χ0v) is 23.1. The summed E-state index contributed by atoms with van der Waals surface area (Å²) in [7, 11) is -3.69. The van der Waals surface area contributed by atoms with Crippen LogP contribution in [0.5, 0.6) is 0 Å². The summed E-state index contributed by atoms with van der Waals surface area (Å²) in [4.78, 5) is 14.9. The normalized spacial score (nSPS) is 14.6. The van der Waals surface area contributed by atoms with Crippen LogP contribution in [0.4, 0.5) is 5.69 Å². The number of fused-ring (bicyclic) bond motifs is 1. The van der Waals surface area contributed by atoms with E-state index in [1.807, 2.05) is 65.7 Å². The average molecular weight is 530 g/mol. The average Bonchev–Trinajstić information content (AvgIpc) is 3.30. The summed E-state index contributed by atoms with van der Waals surface area (Å²) >= 11 is 0. The summed E-state index contributed by atoms with van der Waals surface area (Å²) < 4.78 is 30.8. The second-order valence-corrected chi connectivity index (χ2v) is 12.8. The van der Waals surface area contributed by atoms with Gasteiger partial charge in [-0.2, -0.15) is 0 Å². The molecule has 0 atom stereocenters. The first kappa shape index (κ1) is 26.0. The predicted molar refractivity (Wildman–Crippen MR) is 153 cm³/mol. The summed E-state index contributed by atoms with van der Waals surface area (Å²) in [6, 6.07) is 22.5. The number of anilines is 1. The molecule has 0 saturated carbocycles. The molecule has 0 unspecified atom stereocenters. The Morgan fingerprint density at radius 3 is 2.21 bits per heavy atom. The van der Waals surface area contributed by atoms with Gasteiger partial charge in [-0.25, -0.2) is 8.42 Å². The highest BCUT2D eigenvalue weighted by atomic mass is 32.2. The van der Waals surface area contributed by atoms with E-state index >= 15 is 0 Å². The lowest BCUT2D eigenvalue weighted by Gasteiger charge is -2.26. The lowest BCUT2D eigenvalue weighted by atomic mass is 9.87. The Hall–Kier alpha value is -3.58. The number of hydrogen-bond donors (Lipinski definition) is 1. The molecule has 4 aromatic rings. The smallest absolute Gasteiger partial charge is 0.261 e. The zero-order valence-electron chi connectivity index (χ0n) is 22.3. The van der Waals surface area contributed by atoms with E-state index in [0.29, 0.717) is 12.2 Å². The molecule has 0 radical (unpaired) electrons. The Bertz CT molecular complexity index is 1540. The topological polar surface area (TPSA) is 71.4 Å². The third-order valence-electron chi connectivity index (χ3n) is 7.25. The monoisotopic (exact) mass is 529 g/mol. The summed E-state index contributed by atoms with van der Waals surface area (Å²) in [6.45, 7) is 8.65. The highest BCUT2D eigenvalue weighted by Gasteiger charge is 2.19. The van der Waals surface area contributed by atoms with Crippen LogP contribution in [-0.2, 0) is 22.0 Å². The van der Waals surface area contributed by atoms with Crippen LogP contribution in [0.25, 0.3) is 10.9 Å². The molecule has 0 aliphatic carbocycles. The van der Waals surface area contributed by atoms with Crippen LogP contribution in [0.3, 0.4) is 0 Å². The van der Waals surface area contributed by atoms with Gasteiger partial charge in [-0.1, -0.05) is 45.0 Å². The molecule has 198 valence electrons. The Morgan fingerprint density at radius 1 is 0.868 bits per heavy atom. The highest BCUT2D eigenvalue weighted by molar-refractivity contribution is 7.92. The van der Waals surface area contributed by atoms with Crippen molar-refractivity contribution in [1.29, 1.82) is 0 Å². The van der Waals surface area contributed by atoms with E-state index in [4.69, 9.17) is 0 Å². The number of nitrogens with zero attached hydrogens (tertiary/aromatic N) is 2. The molecule has 1 aliphatic heterocycles. The number of likely N-dealkylation sites (tertiary alicyclic amines) is 1. The number of piperidine rings is 1. The van der Waals surface area contributed by atoms with Gasteiger partial charge in [0.05, 0.1) is 4.90 Å². The summed E-state index contributed by atoms with van der Waals surface area (Å²) in [5, 5.41) is 0.949. The van der Waals surface area contributed by atoms with E-state index in [9.17, 15) is 13.2 Å². The Labute approximate surface area is 225 Å². The van der Waals surface area contributed by atoms with Crippen molar-refractivity contribution in [1.82, 2.24) is 9.47 Å². The molecule has 1 N–H and O–H groups in total. The van der Waals surface area contributed by atoms with Crippen molar-refractivity contribution in [3.63, 3.8) is 0 Å².